The number of aromatic nitrogens is 2. The molecule has 1 aromatic heterocycles. The molecule has 0 saturated carbocycles. The van der Waals surface area contributed by atoms with Crippen LogP contribution in [0, 0.1) is 5.82 Å². The number of nitrogens with one attached hydrogen (secondary N) is 1. The Labute approximate surface area is 110 Å². The molecule has 2 aromatic rings. The van der Waals surface area contributed by atoms with Gasteiger partial charge in [-0.2, -0.15) is 5.10 Å². The van der Waals surface area contributed by atoms with E-state index in [4.69, 9.17) is 5.73 Å². The van der Waals surface area contributed by atoms with Gasteiger partial charge in [0.1, 0.15) is 5.82 Å². The first-order valence-corrected chi connectivity index (χ1v) is 5.88. The summed E-state index contributed by atoms with van der Waals surface area (Å²) in [6.45, 7) is 0.401. The molecule has 0 unspecified atom stereocenters. The molecule has 2 rings (SSSR count). The number of rotatable bonds is 4. The molecule has 1 amide bonds. The number of anilines is 1. The summed E-state index contributed by atoms with van der Waals surface area (Å²) in [5.41, 5.74) is 7.03. The molecule has 6 heteroatoms. The van der Waals surface area contributed by atoms with Crippen LogP contribution in [-0.4, -0.2) is 22.2 Å². The van der Waals surface area contributed by atoms with E-state index >= 15 is 0 Å². The van der Waals surface area contributed by atoms with Gasteiger partial charge in [-0.3, -0.25) is 9.48 Å². The summed E-state index contributed by atoms with van der Waals surface area (Å²) in [6.07, 6.45) is 2.12. The third-order valence-electron chi connectivity index (χ3n) is 2.66. The molecule has 0 fully saturated rings. The predicted octanol–water partition coefficient (Wildman–Crippen LogP) is 1.11. The van der Waals surface area contributed by atoms with Crippen LogP contribution in [0.25, 0.3) is 0 Å². The van der Waals surface area contributed by atoms with Gasteiger partial charge in [0, 0.05) is 19.8 Å². The Hall–Kier alpha value is -2.37. The smallest absolute Gasteiger partial charge is 0.273 e. The number of nitrogen functional groups attached to an aromatic ring is 1. The predicted molar refractivity (Wildman–Crippen MR) is 70.1 cm³/mol. The van der Waals surface area contributed by atoms with Crippen molar-refractivity contribution in [2.24, 2.45) is 7.05 Å². The highest BCUT2D eigenvalue weighted by Crippen LogP contribution is 2.08. The van der Waals surface area contributed by atoms with Gasteiger partial charge in [0.15, 0.2) is 5.69 Å². The average Bonchev–Trinajstić information content (AvgIpc) is 2.68. The minimum Gasteiger partial charge on any atom is -0.396 e. The largest absolute Gasteiger partial charge is 0.396 e. The minimum atomic E-state index is -0.325. The van der Waals surface area contributed by atoms with Crippen LogP contribution >= 0.6 is 0 Å². The van der Waals surface area contributed by atoms with Crippen molar-refractivity contribution in [2.75, 3.05) is 12.3 Å². The lowest BCUT2D eigenvalue weighted by Gasteiger charge is -2.04. The molecule has 0 atom stereocenters. The number of nitrogens with two attached hydrogens (primary N) is 1. The van der Waals surface area contributed by atoms with Gasteiger partial charge in [-0.1, -0.05) is 12.1 Å². The number of nitrogens with zero attached hydrogens (tertiary/aromatic N) is 2. The SMILES string of the molecule is Cn1cc(N)c(C(=O)NCCc2cccc(F)c2)n1. The lowest BCUT2D eigenvalue weighted by molar-refractivity contribution is 0.0949. The molecule has 0 bridgehead atoms. The highest BCUT2D eigenvalue weighted by Gasteiger charge is 2.13. The van der Waals surface area contributed by atoms with E-state index in [1.54, 1.807) is 19.3 Å². The first-order chi connectivity index (χ1) is 9.06. The lowest BCUT2D eigenvalue weighted by atomic mass is 10.1. The minimum absolute atomic E-state index is 0.210. The number of aryl methyl sites for hydroxylation is 1. The standard InChI is InChI=1S/C13H15FN4O/c1-18-8-11(15)12(17-18)13(19)16-6-5-9-3-2-4-10(14)7-9/h2-4,7-8H,5-6,15H2,1H3,(H,16,19). The molecule has 19 heavy (non-hydrogen) atoms. The van der Waals surface area contributed by atoms with Gasteiger partial charge >= 0.3 is 0 Å². The molecule has 0 aliphatic carbocycles. The van der Waals surface area contributed by atoms with Crippen molar-refractivity contribution < 1.29 is 9.18 Å². The second kappa shape index (κ2) is 5.51. The van der Waals surface area contributed by atoms with Crippen molar-refractivity contribution in [1.82, 2.24) is 15.1 Å². The summed E-state index contributed by atoms with van der Waals surface area (Å²) in [6, 6.07) is 6.28. The molecule has 1 heterocycles. The number of amides is 1. The van der Waals surface area contributed by atoms with E-state index in [1.165, 1.54) is 16.8 Å². The van der Waals surface area contributed by atoms with Gasteiger partial charge in [-0.25, -0.2) is 4.39 Å². The summed E-state index contributed by atoms with van der Waals surface area (Å²) >= 11 is 0. The Morgan fingerprint density at radius 2 is 2.32 bits per heavy atom. The highest BCUT2D eigenvalue weighted by atomic mass is 19.1. The first-order valence-electron chi connectivity index (χ1n) is 5.88. The van der Waals surface area contributed by atoms with Crippen molar-refractivity contribution in [3.63, 3.8) is 0 Å². The van der Waals surface area contributed by atoms with E-state index in [0.29, 0.717) is 18.7 Å². The topological polar surface area (TPSA) is 72.9 Å². The quantitative estimate of drug-likeness (QED) is 0.867. The van der Waals surface area contributed by atoms with Crippen molar-refractivity contribution in [2.45, 2.75) is 6.42 Å². The fourth-order valence-electron chi connectivity index (χ4n) is 1.78. The highest BCUT2D eigenvalue weighted by molar-refractivity contribution is 5.96. The van der Waals surface area contributed by atoms with Crippen LogP contribution in [0.1, 0.15) is 16.1 Å². The zero-order valence-electron chi connectivity index (χ0n) is 10.6. The van der Waals surface area contributed by atoms with Crippen LogP contribution in [0.4, 0.5) is 10.1 Å². The van der Waals surface area contributed by atoms with Crippen LogP contribution in [0.2, 0.25) is 0 Å². The second-order valence-corrected chi connectivity index (χ2v) is 4.24. The van der Waals surface area contributed by atoms with Gasteiger partial charge in [0.05, 0.1) is 5.69 Å². The molecule has 100 valence electrons. The number of hydrogen-bond donors (Lipinski definition) is 2. The van der Waals surface area contributed by atoms with Crippen molar-refractivity contribution in [1.29, 1.82) is 0 Å². The molecule has 1 aromatic carbocycles. The fraction of sp³-hybridized carbons (Fsp3) is 0.231. The Balaban J connectivity index is 1.89. The molecule has 0 saturated heterocycles. The molecule has 3 N–H and O–H groups in total. The van der Waals surface area contributed by atoms with Crippen molar-refractivity contribution in [3.8, 4) is 0 Å². The van der Waals surface area contributed by atoms with E-state index in [2.05, 4.69) is 10.4 Å². The summed E-state index contributed by atoms with van der Waals surface area (Å²) in [4.78, 5) is 11.8. The molecule has 0 aliphatic rings. The fourth-order valence-corrected chi connectivity index (χ4v) is 1.78. The van der Waals surface area contributed by atoms with E-state index in [1.807, 2.05) is 6.07 Å². The number of carbonyl (C=O) groups is 1. The molecular formula is C13H15FN4O. The molecular weight excluding hydrogens is 247 g/mol. The molecule has 0 aliphatic heterocycles. The van der Waals surface area contributed by atoms with E-state index in [0.717, 1.165) is 5.56 Å². The van der Waals surface area contributed by atoms with Crippen molar-refractivity contribution in [3.05, 3.63) is 47.5 Å². The monoisotopic (exact) mass is 262 g/mol. The Kier molecular flexibility index (Phi) is 3.79. The zero-order chi connectivity index (χ0) is 13.8. The third-order valence-corrected chi connectivity index (χ3v) is 2.66. The lowest BCUT2D eigenvalue weighted by Crippen LogP contribution is -2.26. The second-order valence-electron chi connectivity index (χ2n) is 4.24. The normalized spacial score (nSPS) is 10.4. The van der Waals surface area contributed by atoms with E-state index < -0.39 is 0 Å². The maximum atomic E-state index is 13.0. The Bertz CT molecular complexity index is 594. The van der Waals surface area contributed by atoms with Gasteiger partial charge in [0.25, 0.3) is 5.91 Å². The number of benzene rings is 1. The van der Waals surface area contributed by atoms with Crippen LogP contribution < -0.4 is 11.1 Å². The number of halogens is 1. The zero-order valence-corrected chi connectivity index (χ0v) is 10.6. The van der Waals surface area contributed by atoms with Crippen LogP contribution in [0.5, 0.6) is 0 Å². The van der Waals surface area contributed by atoms with Gasteiger partial charge in [-0.15, -0.1) is 0 Å². The summed E-state index contributed by atoms with van der Waals surface area (Å²) in [5.74, 6) is -0.604. The summed E-state index contributed by atoms with van der Waals surface area (Å²) in [5, 5.41) is 6.67. The van der Waals surface area contributed by atoms with Gasteiger partial charge in [-0.05, 0) is 24.1 Å². The Morgan fingerprint density at radius 3 is 2.95 bits per heavy atom. The Morgan fingerprint density at radius 1 is 1.53 bits per heavy atom. The van der Waals surface area contributed by atoms with E-state index in [-0.39, 0.29) is 17.4 Å². The number of hydrogen-bond acceptors (Lipinski definition) is 3. The van der Waals surface area contributed by atoms with Gasteiger partial charge < -0.3 is 11.1 Å². The van der Waals surface area contributed by atoms with Gasteiger partial charge in [0.2, 0.25) is 0 Å². The third kappa shape index (κ3) is 3.31. The molecule has 5 nitrogen and oxygen atoms in total. The van der Waals surface area contributed by atoms with E-state index in [9.17, 15) is 9.18 Å². The summed E-state index contributed by atoms with van der Waals surface area (Å²) in [7, 11) is 1.69. The van der Waals surface area contributed by atoms with Crippen LogP contribution in [0.3, 0.4) is 0 Å². The first kappa shape index (κ1) is 13.1. The average molecular weight is 262 g/mol. The molecule has 0 radical (unpaired) electrons. The number of carbonyl (C=O) groups excluding carboxylic acids is 1. The maximum Gasteiger partial charge on any atom is 0.273 e. The molecule has 0 spiro atoms. The summed E-state index contributed by atoms with van der Waals surface area (Å²) < 4.78 is 14.4. The maximum absolute atomic E-state index is 13.0. The van der Waals surface area contributed by atoms with Crippen molar-refractivity contribution >= 4 is 11.6 Å². The van der Waals surface area contributed by atoms with Crippen LogP contribution in [0.15, 0.2) is 30.5 Å². The van der Waals surface area contributed by atoms with Crippen LogP contribution in [-0.2, 0) is 13.5 Å².